The summed E-state index contributed by atoms with van der Waals surface area (Å²) in [5, 5.41) is 0.0632. The maximum Gasteiger partial charge on any atom is 0.246 e. The molecule has 1 aliphatic rings. The Morgan fingerprint density at radius 3 is 2.07 bits per heavy atom. The van der Waals surface area contributed by atoms with Gasteiger partial charge < -0.3 is 0 Å². The van der Waals surface area contributed by atoms with E-state index in [2.05, 4.69) is 26.8 Å². The number of sulfonamides is 1. The Bertz CT molecular complexity index is 856. The van der Waals surface area contributed by atoms with E-state index in [0.29, 0.717) is 17.3 Å². The van der Waals surface area contributed by atoms with Gasteiger partial charge in [-0.15, -0.1) is 0 Å². The second-order valence-corrected chi connectivity index (χ2v) is 11.2. The van der Waals surface area contributed by atoms with Crippen molar-refractivity contribution in [3.63, 3.8) is 0 Å². The standard InChI is InChI=1S/C17H22BrCl2N3O4S/c1-17(2,3)16(25)22-21-15(24)10-4-6-23(7-5-10)28(26,27)14-12(19)8-11(18)9-13(14)20/h8-10H,4-7H2,1-3H3,(H,21,24)(H,22,25). The lowest BCUT2D eigenvalue weighted by molar-refractivity contribution is -0.135. The van der Waals surface area contributed by atoms with Crippen molar-refractivity contribution >= 4 is 61.0 Å². The molecule has 1 aromatic carbocycles. The van der Waals surface area contributed by atoms with E-state index in [4.69, 9.17) is 23.2 Å². The average molecular weight is 515 g/mol. The Kier molecular flexibility index (Phi) is 7.42. The normalized spacial score (nSPS) is 16.6. The fourth-order valence-electron chi connectivity index (χ4n) is 2.67. The zero-order valence-electron chi connectivity index (χ0n) is 15.7. The highest BCUT2D eigenvalue weighted by Crippen LogP contribution is 2.36. The molecule has 0 saturated carbocycles. The first-order valence-corrected chi connectivity index (χ1v) is 11.6. The predicted octanol–water partition coefficient (Wildman–Crippen LogP) is 3.35. The van der Waals surface area contributed by atoms with Crippen LogP contribution >= 0.6 is 39.1 Å². The first kappa shape index (κ1) is 23.4. The molecule has 0 aliphatic carbocycles. The fourth-order valence-corrected chi connectivity index (χ4v) is 6.02. The van der Waals surface area contributed by atoms with Crippen LogP contribution in [0.15, 0.2) is 21.5 Å². The van der Waals surface area contributed by atoms with E-state index in [9.17, 15) is 18.0 Å². The molecule has 7 nitrogen and oxygen atoms in total. The van der Waals surface area contributed by atoms with E-state index in [-0.39, 0.29) is 39.8 Å². The minimum atomic E-state index is -3.89. The lowest BCUT2D eigenvalue weighted by Crippen LogP contribution is -2.50. The van der Waals surface area contributed by atoms with Crippen LogP contribution in [0.5, 0.6) is 0 Å². The molecule has 1 aliphatic heterocycles. The molecular weight excluding hydrogens is 493 g/mol. The van der Waals surface area contributed by atoms with Gasteiger partial charge in [0.2, 0.25) is 21.8 Å². The molecule has 1 aromatic rings. The molecule has 0 bridgehead atoms. The number of amides is 2. The molecular formula is C17H22BrCl2N3O4S. The molecule has 156 valence electrons. The minimum absolute atomic E-state index is 0.0316. The van der Waals surface area contributed by atoms with Gasteiger partial charge in [0.25, 0.3) is 0 Å². The Balaban J connectivity index is 2.02. The quantitative estimate of drug-likeness (QED) is 0.604. The average Bonchev–Trinajstić information content (AvgIpc) is 2.57. The number of nitrogens with zero attached hydrogens (tertiary/aromatic N) is 1. The number of piperidine rings is 1. The topological polar surface area (TPSA) is 95.6 Å². The second-order valence-electron chi connectivity index (χ2n) is 7.57. The monoisotopic (exact) mass is 513 g/mol. The number of rotatable bonds is 3. The van der Waals surface area contributed by atoms with Gasteiger partial charge in [-0.05, 0) is 25.0 Å². The van der Waals surface area contributed by atoms with Crippen molar-refractivity contribution in [2.75, 3.05) is 13.1 Å². The Labute approximate surface area is 183 Å². The van der Waals surface area contributed by atoms with Crippen LogP contribution in [0.2, 0.25) is 10.0 Å². The van der Waals surface area contributed by atoms with Crippen molar-refractivity contribution in [1.29, 1.82) is 0 Å². The first-order valence-electron chi connectivity index (χ1n) is 8.59. The van der Waals surface area contributed by atoms with Gasteiger partial charge in [0.1, 0.15) is 4.90 Å². The SMILES string of the molecule is CC(C)(C)C(=O)NNC(=O)C1CCN(S(=O)(=O)c2c(Cl)cc(Br)cc2Cl)CC1. The maximum absolute atomic E-state index is 12.9. The van der Waals surface area contributed by atoms with Gasteiger partial charge in [-0.25, -0.2) is 8.42 Å². The summed E-state index contributed by atoms with van der Waals surface area (Å²) in [7, 11) is -3.89. The molecule has 1 saturated heterocycles. The number of halogens is 3. The molecule has 2 amide bonds. The van der Waals surface area contributed by atoms with Gasteiger partial charge in [-0.3, -0.25) is 20.4 Å². The van der Waals surface area contributed by atoms with Gasteiger partial charge in [0, 0.05) is 28.9 Å². The van der Waals surface area contributed by atoms with E-state index >= 15 is 0 Å². The number of benzene rings is 1. The second kappa shape index (κ2) is 8.87. The number of carbonyl (C=O) groups excluding carboxylic acids is 2. The van der Waals surface area contributed by atoms with E-state index in [0.717, 1.165) is 0 Å². The lowest BCUT2D eigenvalue weighted by atomic mass is 9.96. The van der Waals surface area contributed by atoms with Crippen LogP contribution in [0.25, 0.3) is 0 Å². The lowest BCUT2D eigenvalue weighted by Gasteiger charge is -2.31. The van der Waals surface area contributed by atoms with Crippen molar-refractivity contribution in [3.05, 3.63) is 26.7 Å². The molecule has 11 heteroatoms. The molecule has 1 heterocycles. The summed E-state index contributed by atoms with van der Waals surface area (Å²) in [5.74, 6) is -1.04. The van der Waals surface area contributed by atoms with Crippen LogP contribution in [0.4, 0.5) is 0 Å². The van der Waals surface area contributed by atoms with E-state index in [1.807, 2.05) is 0 Å². The highest BCUT2D eigenvalue weighted by atomic mass is 79.9. The highest BCUT2D eigenvalue weighted by Gasteiger charge is 2.35. The molecule has 0 atom stereocenters. The summed E-state index contributed by atoms with van der Waals surface area (Å²) in [6, 6.07) is 2.94. The van der Waals surface area contributed by atoms with Crippen LogP contribution in [0.1, 0.15) is 33.6 Å². The van der Waals surface area contributed by atoms with E-state index in [1.165, 1.54) is 16.4 Å². The van der Waals surface area contributed by atoms with Crippen molar-refractivity contribution in [2.45, 2.75) is 38.5 Å². The predicted molar refractivity (Wildman–Crippen MR) is 111 cm³/mol. The Morgan fingerprint density at radius 2 is 1.61 bits per heavy atom. The largest absolute Gasteiger partial charge is 0.273 e. The Hall–Kier alpha value is -0.870. The highest BCUT2D eigenvalue weighted by molar-refractivity contribution is 9.10. The fraction of sp³-hybridized carbons (Fsp3) is 0.529. The van der Waals surface area contributed by atoms with Crippen LogP contribution < -0.4 is 10.9 Å². The Morgan fingerprint density at radius 1 is 1.11 bits per heavy atom. The van der Waals surface area contributed by atoms with Crippen LogP contribution in [0, 0.1) is 11.3 Å². The first-order chi connectivity index (χ1) is 12.8. The number of nitrogens with one attached hydrogen (secondary N) is 2. The molecule has 1 fully saturated rings. The van der Waals surface area contributed by atoms with Crippen LogP contribution in [-0.2, 0) is 19.6 Å². The number of carbonyl (C=O) groups is 2. The van der Waals surface area contributed by atoms with Crippen molar-refractivity contribution < 1.29 is 18.0 Å². The zero-order chi connectivity index (χ0) is 21.3. The van der Waals surface area contributed by atoms with Gasteiger partial charge in [-0.2, -0.15) is 4.31 Å². The molecule has 28 heavy (non-hydrogen) atoms. The molecule has 2 N–H and O–H groups in total. The van der Waals surface area contributed by atoms with Gasteiger partial charge in [0.15, 0.2) is 0 Å². The molecule has 2 rings (SSSR count). The third-order valence-electron chi connectivity index (χ3n) is 4.37. The van der Waals surface area contributed by atoms with E-state index < -0.39 is 21.4 Å². The third kappa shape index (κ3) is 5.38. The summed E-state index contributed by atoms with van der Waals surface area (Å²) in [6.07, 6.45) is 0.643. The smallest absolute Gasteiger partial charge is 0.246 e. The molecule has 0 radical (unpaired) electrons. The summed E-state index contributed by atoms with van der Waals surface area (Å²) in [6.45, 7) is 5.50. The van der Waals surface area contributed by atoms with Gasteiger partial charge >= 0.3 is 0 Å². The van der Waals surface area contributed by atoms with Crippen molar-refractivity contribution in [2.24, 2.45) is 11.3 Å². The summed E-state index contributed by atoms with van der Waals surface area (Å²) >= 11 is 15.4. The summed E-state index contributed by atoms with van der Waals surface area (Å²) in [4.78, 5) is 24.0. The third-order valence-corrected chi connectivity index (χ3v) is 7.64. The van der Waals surface area contributed by atoms with Crippen molar-refractivity contribution in [3.8, 4) is 0 Å². The zero-order valence-corrected chi connectivity index (χ0v) is 19.6. The minimum Gasteiger partial charge on any atom is -0.273 e. The molecule has 0 unspecified atom stereocenters. The number of hydrogen-bond acceptors (Lipinski definition) is 4. The van der Waals surface area contributed by atoms with Crippen molar-refractivity contribution in [1.82, 2.24) is 15.2 Å². The van der Waals surface area contributed by atoms with Gasteiger partial charge in [-0.1, -0.05) is 59.9 Å². The van der Waals surface area contributed by atoms with E-state index in [1.54, 1.807) is 20.8 Å². The van der Waals surface area contributed by atoms with Crippen LogP contribution in [0.3, 0.4) is 0 Å². The summed E-state index contributed by atoms with van der Waals surface area (Å²) < 4.78 is 27.7. The summed E-state index contributed by atoms with van der Waals surface area (Å²) in [5.41, 5.74) is 4.18. The van der Waals surface area contributed by atoms with Crippen LogP contribution in [-0.4, -0.2) is 37.6 Å². The number of hydrazine groups is 1. The van der Waals surface area contributed by atoms with Gasteiger partial charge in [0.05, 0.1) is 10.0 Å². The number of hydrogen-bond donors (Lipinski definition) is 2. The maximum atomic E-state index is 12.9. The molecule has 0 aromatic heterocycles. The molecule has 0 spiro atoms.